The molecule has 0 radical (unpaired) electrons. The lowest BCUT2D eigenvalue weighted by Crippen LogP contribution is -2.38. The summed E-state index contributed by atoms with van der Waals surface area (Å²) in [6, 6.07) is 0. The Bertz CT molecular complexity index is 165. The molecule has 0 bridgehead atoms. The van der Waals surface area contributed by atoms with Gasteiger partial charge in [0.15, 0.2) is 0 Å². The van der Waals surface area contributed by atoms with Gasteiger partial charge in [0.25, 0.3) is 0 Å². The topological polar surface area (TPSA) is 6.48 Å². The van der Waals surface area contributed by atoms with Gasteiger partial charge in [0.2, 0.25) is 0 Å². The van der Waals surface area contributed by atoms with Crippen LogP contribution in [0.4, 0.5) is 0 Å². The first-order chi connectivity index (χ1) is 7.15. The van der Waals surface area contributed by atoms with Crippen LogP contribution in [-0.4, -0.2) is 54.4 Å². The van der Waals surface area contributed by atoms with E-state index in [0.717, 1.165) is 10.7 Å². The lowest BCUT2D eigenvalue weighted by molar-refractivity contribution is 0.187. The number of likely N-dealkylation sites (N-methyl/N-ethyl adjacent to an activating group) is 2. The first-order valence-electron chi connectivity index (χ1n) is 6.20. The van der Waals surface area contributed by atoms with Crippen molar-refractivity contribution in [1.82, 2.24) is 9.80 Å². The molecule has 1 aliphatic rings. The molecular weight excluding hydrogens is 252 g/mol. The smallest absolute Gasteiger partial charge is 0.0152 e. The summed E-state index contributed by atoms with van der Waals surface area (Å²) in [5.74, 6) is 0.941. The third-order valence-corrected chi connectivity index (χ3v) is 4.19. The van der Waals surface area contributed by atoms with Crippen LogP contribution < -0.4 is 0 Å². The van der Waals surface area contributed by atoms with Crippen molar-refractivity contribution >= 4 is 15.9 Å². The van der Waals surface area contributed by atoms with E-state index in [1.807, 2.05) is 0 Å². The zero-order valence-electron chi connectivity index (χ0n) is 10.4. The van der Waals surface area contributed by atoms with E-state index in [0.29, 0.717) is 0 Å². The zero-order valence-corrected chi connectivity index (χ0v) is 12.0. The number of rotatable bonds is 7. The molecule has 0 aliphatic heterocycles. The lowest BCUT2D eigenvalue weighted by Gasteiger charge is -2.35. The van der Waals surface area contributed by atoms with Crippen LogP contribution in [0.3, 0.4) is 0 Å². The minimum Gasteiger partial charge on any atom is -0.305 e. The number of halogens is 1. The minimum atomic E-state index is 0.804. The van der Waals surface area contributed by atoms with E-state index in [2.05, 4.69) is 46.6 Å². The molecule has 1 aliphatic carbocycles. The first-order valence-corrected chi connectivity index (χ1v) is 7.12. The molecule has 0 aromatic heterocycles. The Morgan fingerprint density at radius 1 is 1.13 bits per heavy atom. The highest BCUT2D eigenvalue weighted by molar-refractivity contribution is 9.09. The Morgan fingerprint density at radius 3 is 2.20 bits per heavy atom. The molecule has 3 heteroatoms. The van der Waals surface area contributed by atoms with Gasteiger partial charge < -0.3 is 9.80 Å². The SMILES string of the molecule is CCN(CC)CCN(C)CC1CC(Br)C1. The summed E-state index contributed by atoms with van der Waals surface area (Å²) < 4.78 is 0. The molecule has 0 spiro atoms. The Morgan fingerprint density at radius 2 is 1.73 bits per heavy atom. The Kier molecular flexibility index (Phi) is 6.17. The van der Waals surface area contributed by atoms with Gasteiger partial charge >= 0.3 is 0 Å². The predicted molar refractivity (Wildman–Crippen MR) is 70.7 cm³/mol. The normalized spacial score (nSPS) is 26.0. The van der Waals surface area contributed by atoms with Gasteiger partial charge in [-0.2, -0.15) is 0 Å². The van der Waals surface area contributed by atoms with Crippen molar-refractivity contribution < 1.29 is 0 Å². The summed E-state index contributed by atoms with van der Waals surface area (Å²) in [5.41, 5.74) is 0. The molecule has 1 fully saturated rings. The van der Waals surface area contributed by atoms with E-state index in [4.69, 9.17) is 0 Å². The summed E-state index contributed by atoms with van der Waals surface area (Å²) in [6.07, 6.45) is 2.74. The maximum absolute atomic E-state index is 3.65. The Labute approximate surface area is 103 Å². The van der Waals surface area contributed by atoms with Crippen LogP contribution in [-0.2, 0) is 0 Å². The van der Waals surface area contributed by atoms with Gasteiger partial charge in [0.1, 0.15) is 0 Å². The van der Waals surface area contributed by atoms with E-state index >= 15 is 0 Å². The van der Waals surface area contributed by atoms with E-state index < -0.39 is 0 Å². The second kappa shape index (κ2) is 6.87. The van der Waals surface area contributed by atoms with Crippen LogP contribution in [0, 0.1) is 5.92 Å². The van der Waals surface area contributed by atoms with E-state index in [1.165, 1.54) is 45.6 Å². The van der Waals surface area contributed by atoms with E-state index in [1.54, 1.807) is 0 Å². The number of hydrogen-bond donors (Lipinski definition) is 0. The number of alkyl halides is 1. The maximum Gasteiger partial charge on any atom is 0.0152 e. The Hall–Kier alpha value is 0.400. The standard InChI is InChI=1S/C12H25BrN2/c1-4-15(5-2)7-6-14(3)10-11-8-12(13)9-11/h11-12H,4-10H2,1-3H3. The predicted octanol–water partition coefficient (Wildman–Crippen LogP) is 2.43. The third-order valence-electron chi connectivity index (χ3n) is 3.44. The van der Waals surface area contributed by atoms with Crippen molar-refractivity contribution in [1.29, 1.82) is 0 Å². The van der Waals surface area contributed by atoms with Crippen LogP contribution >= 0.6 is 15.9 Å². The van der Waals surface area contributed by atoms with E-state index in [9.17, 15) is 0 Å². The highest BCUT2D eigenvalue weighted by Gasteiger charge is 2.27. The molecule has 0 saturated heterocycles. The van der Waals surface area contributed by atoms with Gasteiger partial charge in [0, 0.05) is 24.5 Å². The van der Waals surface area contributed by atoms with Crippen LogP contribution in [0.25, 0.3) is 0 Å². The summed E-state index contributed by atoms with van der Waals surface area (Å²) in [7, 11) is 2.26. The summed E-state index contributed by atoms with van der Waals surface area (Å²) in [5, 5.41) is 0. The molecule has 0 unspecified atom stereocenters. The lowest BCUT2D eigenvalue weighted by atomic mass is 9.85. The number of nitrogens with zero attached hydrogens (tertiary/aromatic N) is 2. The second-order valence-corrected chi connectivity index (χ2v) is 6.02. The molecule has 1 saturated carbocycles. The molecule has 0 heterocycles. The van der Waals surface area contributed by atoms with Crippen molar-refractivity contribution in [3.05, 3.63) is 0 Å². The fraction of sp³-hybridized carbons (Fsp3) is 1.00. The van der Waals surface area contributed by atoms with Crippen molar-refractivity contribution in [2.24, 2.45) is 5.92 Å². The number of hydrogen-bond acceptors (Lipinski definition) is 2. The van der Waals surface area contributed by atoms with Crippen molar-refractivity contribution in [3.63, 3.8) is 0 Å². The molecular formula is C12H25BrN2. The molecule has 0 N–H and O–H groups in total. The molecule has 0 atom stereocenters. The van der Waals surface area contributed by atoms with Crippen molar-refractivity contribution in [2.75, 3.05) is 39.8 Å². The van der Waals surface area contributed by atoms with Crippen LogP contribution in [0.15, 0.2) is 0 Å². The minimum absolute atomic E-state index is 0.804. The van der Waals surface area contributed by atoms with Crippen LogP contribution in [0.1, 0.15) is 26.7 Å². The average Bonchev–Trinajstić information content (AvgIpc) is 2.17. The maximum atomic E-state index is 3.65. The molecule has 90 valence electrons. The van der Waals surface area contributed by atoms with Gasteiger partial charge in [-0.15, -0.1) is 0 Å². The van der Waals surface area contributed by atoms with Gasteiger partial charge in [-0.05, 0) is 38.9 Å². The largest absolute Gasteiger partial charge is 0.305 e. The quantitative estimate of drug-likeness (QED) is 0.659. The van der Waals surface area contributed by atoms with E-state index in [-0.39, 0.29) is 0 Å². The highest BCUT2D eigenvalue weighted by atomic mass is 79.9. The molecule has 1 rings (SSSR count). The monoisotopic (exact) mass is 276 g/mol. The summed E-state index contributed by atoms with van der Waals surface area (Å²) in [4.78, 5) is 5.78. The Balaban J connectivity index is 2.05. The average molecular weight is 277 g/mol. The first kappa shape index (κ1) is 13.5. The van der Waals surface area contributed by atoms with Crippen LogP contribution in [0.2, 0.25) is 0 Å². The highest BCUT2D eigenvalue weighted by Crippen LogP contribution is 2.33. The fourth-order valence-electron chi connectivity index (χ4n) is 2.19. The molecule has 2 nitrogen and oxygen atoms in total. The molecule has 0 aromatic carbocycles. The van der Waals surface area contributed by atoms with Gasteiger partial charge in [-0.1, -0.05) is 29.8 Å². The summed E-state index contributed by atoms with van der Waals surface area (Å²) >= 11 is 3.65. The molecule has 15 heavy (non-hydrogen) atoms. The second-order valence-electron chi connectivity index (χ2n) is 4.72. The zero-order chi connectivity index (χ0) is 11.3. The van der Waals surface area contributed by atoms with Crippen molar-refractivity contribution in [2.45, 2.75) is 31.5 Å². The third kappa shape index (κ3) is 4.83. The fourth-order valence-corrected chi connectivity index (χ4v) is 3.24. The van der Waals surface area contributed by atoms with Crippen LogP contribution in [0.5, 0.6) is 0 Å². The van der Waals surface area contributed by atoms with Gasteiger partial charge in [-0.3, -0.25) is 0 Å². The van der Waals surface area contributed by atoms with Gasteiger partial charge in [-0.25, -0.2) is 0 Å². The summed E-state index contributed by atoms with van der Waals surface area (Å²) in [6.45, 7) is 10.5. The molecule has 0 aromatic rings. The van der Waals surface area contributed by atoms with Gasteiger partial charge in [0.05, 0.1) is 0 Å². The molecule has 0 amide bonds. The van der Waals surface area contributed by atoms with Crippen molar-refractivity contribution in [3.8, 4) is 0 Å².